The molecule has 4 aromatic carbocycles. The molecule has 34 heavy (non-hydrogen) atoms. The van der Waals surface area contributed by atoms with Gasteiger partial charge in [-0.25, -0.2) is 0 Å². The van der Waals surface area contributed by atoms with Gasteiger partial charge in [-0.2, -0.15) is 59.7 Å². The van der Waals surface area contributed by atoms with Gasteiger partial charge < -0.3 is 0 Å². The topological polar surface area (TPSA) is 0 Å². The normalized spacial score (nSPS) is 10.6. The van der Waals surface area contributed by atoms with Crippen LogP contribution in [0.5, 0.6) is 0 Å². The molecule has 6 rings (SSSR count). The maximum absolute atomic E-state index is 3.30. The van der Waals surface area contributed by atoms with Gasteiger partial charge in [0.1, 0.15) is 0 Å². The summed E-state index contributed by atoms with van der Waals surface area (Å²) in [6.07, 6.45) is 2.10. The number of fused-ring (bicyclic) bond motifs is 6. The molecule has 5 heteroatoms. The molecule has 173 valence electrons. The summed E-state index contributed by atoms with van der Waals surface area (Å²) in [7, 11) is 0.120. The van der Waals surface area contributed by atoms with Gasteiger partial charge in [0.2, 0.25) is 0 Å². The predicted octanol–water partition coefficient (Wildman–Crippen LogP) is 7.41. The number of hydrogen-bond acceptors (Lipinski definition) is 0. The number of halogens is 2. The zero-order valence-electron chi connectivity index (χ0n) is 20.0. The molecule has 0 fully saturated rings. The van der Waals surface area contributed by atoms with Gasteiger partial charge in [-0.15, -0.1) is 35.9 Å². The van der Waals surface area contributed by atoms with Gasteiger partial charge in [-0.1, -0.05) is 90.4 Å². The van der Waals surface area contributed by atoms with Gasteiger partial charge in [0.15, 0.2) is 0 Å². The molecule has 0 N–H and O–H groups in total. The van der Waals surface area contributed by atoms with Gasteiger partial charge in [0, 0.05) is 8.80 Å². The van der Waals surface area contributed by atoms with Crippen molar-refractivity contribution < 1.29 is 23.3 Å². The first-order chi connectivity index (χ1) is 15.6. The molecule has 0 spiro atoms. The van der Waals surface area contributed by atoms with Gasteiger partial charge in [0.25, 0.3) is 0 Å². The second kappa shape index (κ2) is 15.7. The molecule has 0 bridgehead atoms. The fraction of sp³-hybridized carbons (Fsp3) is 0.172. The first-order valence-corrected chi connectivity index (χ1v) is 19.8. The van der Waals surface area contributed by atoms with Crippen molar-refractivity contribution in [2.75, 3.05) is 0 Å². The van der Waals surface area contributed by atoms with Crippen molar-refractivity contribution in [1.29, 1.82) is 0 Å². The van der Waals surface area contributed by atoms with E-state index in [-0.39, 0.29) is 33.6 Å². The summed E-state index contributed by atoms with van der Waals surface area (Å²) in [6, 6.07) is 36.2. The fourth-order valence-corrected chi connectivity index (χ4v) is 4.00. The van der Waals surface area contributed by atoms with Crippen molar-refractivity contribution in [2.45, 2.75) is 32.5 Å². The van der Waals surface area contributed by atoms with Crippen LogP contribution in [0.15, 0.2) is 84.9 Å². The van der Waals surface area contributed by atoms with Crippen LogP contribution in [0.4, 0.5) is 0 Å². The van der Waals surface area contributed by atoms with E-state index < -0.39 is 0 Å². The summed E-state index contributed by atoms with van der Waals surface area (Å²) in [5.41, 5.74) is 11.0. The first-order valence-electron chi connectivity index (χ1n) is 10.9. The molecule has 1 radical (unpaired) electrons. The average molecular weight is 598 g/mol. The van der Waals surface area contributed by atoms with Crippen LogP contribution >= 0.6 is 24.8 Å². The largest absolute Gasteiger partial charge is 0.179 e. The summed E-state index contributed by atoms with van der Waals surface area (Å²) >= 11 is 1.58. The van der Waals surface area contributed by atoms with Crippen molar-refractivity contribution in [3.63, 3.8) is 0 Å². The van der Waals surface area contributed by atoms with Crippen LogP contribution in [0.2, 0.25) is 19.6 Å². The van der Waals surface area contributed by atoms with Crippen LogP contribution in [0.25, 0.3) is 22.3 Å². The molecular weight excluding hydrogens is 567 g/mol. The van der Waals surface area contributed by atoms with Gasteiger partial charge in [-0.05, 0) is 12.8 Å². The van der Waals surface area contributed by atoms with E-state index in [9.17, 15) is 0 Å². The standard InChI is InChI=1S/2C13H9.C3H9Si.2ClH.H2Si.Zr/c2*1-3-7-12-10(5-1)9-11-6-2-4-8-13(11)12;1-4(2)3;;;;/h2*1-5,7-8H,9H2;1-3H3;2*1H;1H2;/q2*-1;;;;;+2. The van der Waals surface area contributed by atoms with E-state index in [1.807, 2.05) is 19.0 Å². The molecule has 2 aliphatic rings. The maximum Gasteiger partial charge on any atom is -0.0253 e. The first kappa shape index (κ1) is 30.8. The van der Waals surface area contributed by atoms with Gasteiger partial charge in [0.05, 0.1) is 0 Å². The van der Waals surface area contributed by atoms with Crippen LogP contribution in [0.3, 0.4) is 0 Å². The summed E-state index contributed by atoms with van der Waals surface area (Å²) in [5.74, 6) is 0. The Balaban J connectivity index is 0.000000265. The maximum atomic E-state index is 3.30. The van der Waals surface area contributed by atoms with Crippen LogP contribution < -0.4 is 0 Å². The zero-order valence-corrected chi connectivity index (χ0v) is 26.5. The van der Waals surface area contributed by atoms with Crippen molar-refractivity contribution in [3.8, 4) is 22.3 Å². The Bertz CT molecular complexity index is 999. The van der Waals surface area contributed by atoms with Crippen LogP contribution in [-0.4, -0.2) is 15.7 Å². The Morgan fingerprint density at radius 1 is 0.588 bits per heavy atom. The molecule has 0 amide bonds. The minimum atomic E-state index is 0. The number of hydrogen-bond donors (Lipinski definition) is 0. The predicted molar refractivity (Wildman–Crippen MR) is 153 cm³/mol. The third-order valence-corrected chi connectivity index (χ3v) is 5.23. The van der Waals surface area contributed by atoms with Crippen molar-refractivity contribution in [2.24, 2.45) is 0 Å². The van der Waals surface area contributed by atoms with Gasteiger partial charge in [-0.3, -0.25) is 0 Å². The summed E-state index contributed by atoms with van der Waals surface area (Å²) in [6.45, 7) is 8.76. The molecule has 0 saturated carbocycles. The SMILES string of the molecule is C[Si](C)C.Cl.Cl.[SiH2]=[Zr+2].[c-]1cccc2c1Cc1ccccc1-2.[c-]1cccc2c1Cc1ccccc1-2. The average Bonchev–Trinajstić information content (AvgIpc) is 3.39. The molecule has 0 aliphatic heterocycles. The third kappa shape index (κ3) is 7.90. The van der Waals surface area contributed by atoms with E-state index in [0.29, 0.717) is 0 Å². The van der Waals surface area contributed by atoms with Crippen LogP contribution in [-0.2, 0) is 36.2 Å². The summed E-state index contributed by atoms with van der Waals surface area (Å²) in [5, 5.41) is 0. The Kier molecular flexibility index (Phi) is 14.2. The fourth-order valence-electron chi connectivity index (χ4n) is 4.00. The third-order valence-electron chi connectivity index (χ3n) is 5.23. The molecule has 0 heterocycles. The molecule has 0 nitrogen and oxygen atoms in total. The summed E-state index contributed by atoms with van der Waals surface area (Å²) in [4.78, 5) is 0. The minimum absolute atomic E-state index is 0. The molecule has 0 saturated heterocycles. The molecule has 0 unspecified atom stereocenters. The van der Waals surface area contributed by atoms with E-state index in [1.54, 1.807) is 23.3 Å². The molecule has 4 aromatic rings. The smallest absolute Gasteiger partial charge is 0.0253 e. The molecular formula is C29H31Cl2Si2Zr. The molecule has 2 aliphatic carbocycles. The van der Waals surface area contributed by atoms with E-state index in [1.165, 1.54) is 44.5 Å². The van der Waals surface area contributed by atoms with Crippen molar-refractivity contribution in [1.82, 2.24) is 0 Å². The number of rotatable bonds is 0. The van der Waals surface area contributed by atoms with Gasteiger partial charge >= 0.3 is 30.2 Å². The van der Waals surface area contributed by atoms with Crippen molar-refractivity contribution in [3.05, 3.63) is 119 Å². The van der Waals surface area contributed by atoms with E-state index in [2.05, 4.69) is 105 Å². The zero-order chi connectivity index (χ0) is 22.9. The Hall–Kier alpha value is -1.22. The number of benzene rings is 4. The van der Waals surface area contributed by atoms with E-state index in [4.69, 9.17) is 0 Å². The Morgan fingerprint density at radius 2 is 0.912 bits per heavy atom. The van der Waals surface area contributed by atoms with Crippen LogP contribution in [0, 0.1) is 12.1 Å². The van der Waals surface area contributed by atoms with Crippen molar-refractivity contribution >= 4 is 40.5 Å². The Morgan fingerprint density at radius 3 is 1.29 bits per heavy atom. The second-order valence-corrected chi connectivity index (χ2v) is 11.3. The monoisotopic (exact) mass is 595 g/mol. The Labute approximate surface area is 236 Å². The second-order valence-electron chi connectivity index (χ2n) is 8.29. The molecule has 0 atom stereocenters. The minimum Gasteiger partial charge on any atom is -0.179 e. The van der Waals surface area contributed by atoms with E-state index >= 15 is 0 Å². The quantitative estimate of drug-likeness (QED) is 0.126. The van der Waals surface area contributed by atoms with E-state index in [0.717, 1.165) is 12.8 Å². The summed E-state index contributed by atoms with van der Waals surface area (Å²) < 4.78 is 0. The molecule has 0 aromatic heterocycles. The van der Waals surface area contributed by atoms with Crippen LogP contribution in [0.1, 0.15) is 22.3 Å².